The summed E-state index contributed by atoms with van der Waals surface area (Å²) in [5.74, 6) is 2.50. The van der Waals surface area contributed by atoms with Crippen LogP contribution in [0.15, 0.2) is 12.4 Å². The number of aryl methyl sites for hydroxylation is 1. The van der Waals surface area contributed by atoms with Gasteiger partial charge in [-0.15, -0.1) is 0 Å². The van der Waals surface area contributed by atoms with Crippen LogP contribution < -0.4 is 5.32 Å². The molecule has 1 fully saturated rings. The highest BCUT2D eigenvalue weighted by Crippen LogP contribution is 2.46. The second-order valence-corrected chi connectivity index (χ2v) is 6.85. The van der Waals surface area contributed by atoms with Crippen molar-refractivity contribution in [1.29, 1.82) is 0 Å². The van der Waals surface area contributed by atoms with E-state index in [1.807, 2.05) is 6.20 Å². The first-order chi connectivity index (χ1) is 8.71. The first kappa shape index (κ1) is 13.9. The molecule has 1 aliphatic heterocycles. The fourth-order valence-electron chi connectivity index (χ4n) is 2.75. The molecular formula is C14H25N3S. The maximum absolute atomic E-state index is 4.62. The van der Waals surface area contributed by atoms with Gasteiger partial charge >= 0.3 is 0 Å². The Balaban J connectivity index is 2.24. The van der Waals surface area contributed by atoms with Crippen LogP contribution in [0.2, 0.25) is 0 Å². The van der Waals surface area contributed by atoms with Gasteiger partial charge in [-0.1, -0.05) is 6.92 Å². The van der Waals surface area contributed by atoms with Crippen LogP contribution >= 0.6 is 11.8 Å². The molecule has 102 valence electrons. The molecule has 2 unspecified atom stereocenters. The molecule has 4 heteroatoms. The Morgan fingerprint density at radius 3 is 3.00 bits per heavy atom. The Kier molecular flexibility index (Phi) is 4.73. The lowest BCUT2D eigenvalue weighted by Gasteiger charge is -2.34. The largest absolute Gasteiger partial charge is 0.334 e. The fraction of sp³-hybridized carbons (Fsp3) is 0.786. The Morgan fingerprint density at radius 2 is 2.39 bits per heavy atom. The maximum Gasteiger partial charge on any atom is 0.127 e. The van der Waals surface area contributed by atoms with E-state index in [1.54, 1.807) is 0 Å². The standard InChI is InChI=1S/C14H25N3S/c1-4-8-15-12(14(3)7-6-11-18-14)13-16-9-10-17(13)5-2/h9-10,12,15H,4-8,11H2,1-3H3. The minimum Gasteiger partial charge on any atom is -0.334 e. The van der Waals surface area contributed by atoms with Crippen LogP contribution in [0.4, 0.5) is 0 Å². The molecule has 0 amide bonds. The molecule has 1 aliphatic rings. The summed E-state index contributed by atoms with van der Waals surface area (Å²) in [6.07, 6.45) is 7.82. The van der Waals surface area contributed by atoms with Gasteiger partial charge in [-0.3, -0.25) is 0 Å². The van der Waals surface area contributed by atoms with Gasteiger partial charge in [0, 0.05) is 23.7 Å². The molecule has 1 aromatic heterocycles. The summed E-state index contributed by atoms with van der Waals surface area (Å²) in [5, 5.41) is 3.72. The molecule has 1 saturated heterocycles. The third kappa shape index (κ3) is 2.75. The number of imidazole rings is 1. The molecular weight excluding hydrogens is 242 g/mol. The van der Waals surface area contributed by atoms with Gasteiger partial charge in [0.25, 0.3) is 0 Å². The molecule has 2 atom stereocenters. The fourth-order valence-corrected chi connectivity index (χ4v) is 4.14. The summed E-state index contributed by atoms with van der Waals surface area (Å²) in [7, 11) is 0. The van der Waals surface area contributed by atoms with Crippen molar-refractivity contribution in [3.63, 3.8) is 0 Å². The molecule has 1 N–H and O–H groups in total. The molecule has 1 aromatic rings. The van der Waals surface area contributed by atoms with Crippen LogP contribution in [0.5, 0.6) is 0 Å². The smallest absolute Gasteiger partial charge is 0.127 e. The summed E-state index contributed by atoms with van der Waals surface area (Å²) in [6.45, 7) is 8.87. The monoisotopic (exact) mass is 267 g/mol. The van der Waals surface area contributed by atoms with Crippen LogP contribution in [0.1, 0.15) is 51.9 Å². The average Bonchev–Trinajstić information content (AvgIpc) is 2.99. The number of nitrogens with zero attached hydrogens (tertiary/aromatic N) is 2. The topological polar surface area (TPSA) is 29.9 Å². The van der Waals surface area contributed by atoms with E-state index in [-0.39, 0.29) is 0 Å². The van der Waals surface area contributed by atoms with E-state index in [0.29, 0.717) is 10.8 Å². The summed E-state index contributed by atoms with van der Waals surface area (Å²) in [6, 6.07) is 0.375. The highest BCUT2D eigenvalue weighted by atomic mass is 32.2. The number of rotatable bonds is 6. The van der Waals surface area contributed by atoms with Gasteiger partial charge in [0.05, 0.1) is 6.04 Å². The number of nitrogens with one attached hydrogen (secondary N) is 1. The van der Waals surface area contributed by atoms with E-state index in [4.69, 9.17) is 0 Å². The predicted octanol–water partition coefficient (Wildman–Crippen LogP) is 3.23. The van der Waals surface area contributed by atoms with Gasteiger partial charge in [0.15, 0.2) is 0 Å². The molecule has 0 bridgehead atoms. The zero-order valence-electron chi connectivity index (χ0n) is 11.8. The van der Waals surface area contributed by atoms with Gasteiger partial charge in [-0.25, -0.2) is 4.98 Å². The molecule has 0 radical (unpaired) electrons. The highest BCUT2D eigenvalue weighted by Gasteiger charge is 2.40. The lowest BCUT2D eigenvalue weighted by atomic mass is 9.95. The number of hydrogen-bond acceptors (Lipinski definition) is 3. The average molecular weight is 267 g/mol. The van der Waals surface area contributed by atoms with Crippen molar-refractivity contribution >= 4 is 11.8 Å². The summed E-state index contributed by atoms with van der Waals surface area (Å²) in [4.78, 5) is 4.62. The zero-order chi connectivity index (χ0) is 13.0. The van der Waals surface area contributed by atoms with E-state index < -0.39 is 0 Å². The van der Waals surface area contributed by atoms with Gasteiger partial charge in [-0.2, -0.15) is 11.8 Å². The van der Waals surface area contributed by atoms with E-state index in [9.17, 15) is 0 Å². The highest BCUT2D eigenvalue weighted by molar-refractivity contribution is 8.00. The van der Waals surface area contributed by atoms with E-state index in [0.717, 1.165) is 13.1 Å². The normalized spacial score (nSPS) is 25.5. The van der Waals surface area contributed by atoms with Crippen molar-refractivity contribution in [3.8, 4) is 0 Å². The van der Waals surface area contributed by atoms with Gasteiger partial charge < -0.3 is 9.88 Å². The molecule has 2 rings (SSSR count). The number of aromatic nitrogens is 2. The lowest BCUT2D eigenvalue weighted by Crippen LogP contribution is -2.39. The first-order valence-electron chi connectivity index (χ1n) is 7.09. The van der Waals surface area contributed by atoms with E-state index in [2.05, 4.69) is 53.6 Å². The Bertz CT molecular complexity index is 369. The quantitative estimate of drug-likeness (QED) is 0.858. The predicted molar refractivity (Wildman–Crippen MR) is 79.0 cm³/mol. The van der Waals surface area contributed by atoms with Crippen molar-refractivity contribution < 1.29 is 0 Å². The van der Waals surface area contributed by atoms with Crippen LogP contribution in [0, 0.1) is 0 Å². The Labute approximate surface area is 115 Å². The van der Waals surface area contributed by atoms with Crippen molar-refractivity contribution in [1.82, 2.24) is 14.9 Å². The summed E-state index contributed by atoms with van der Waals surface area (Å²) >= 11 is 2.10. The van der Waals surface area contributed by atoms with Crippen LogP contribution in [-0.4, -0.2) is 26.6 Å². The minimum atomic E-state index is 0.299. The molecule has 18 heavy (non-hydrogen) atoms. The van der Waals surface area contributed by atoms with E-state index in [1.165, 1.54) is 30.8 Å². The Hall–Kier alpha value is -0.480. The lowest BCUT2D eigenvalue weighted by molar-refractivity contribution is 0.385. The van der Waals surface area contributed by atoms with Crippen LogP contribution in [-0.2, 0) is 6.54 Å². The van der Waals surface area contributed by atoms with Crippen molar-refractivity contribution in [3.05, 3.63) is 18.2 Å². The summed E-state index contributed by atoms with van der Waals surface area (Å²) < 4.78 is 2.57. The van der Waals surface area contributed by atoms with E-state index >= 15 is 0 Å². The molecule has 0 aromatic carbocycles. The first-order valence-corrected chi connectivity index (χ1v) is 8.08. The second-order valence-electron chi connectivity index (χ2n) is 5.22. The number of thioether (sulfide) groups is 1. The zero-order valence-corrected chi connectivity index (χ0v) is 12.6. The maximum atomic E-state index is 4.62. The third-order valence-corrected chi connectivity index (χ3v) is 5.40. The SMILES string of the molecule is CCCNC(c1nccn1CC)C1(C)CCCS1. The van der Waals surface area contributed by atoms with Gasteiger partial charge in [0.2, 0.25) is 0 Å². The number of hydrogen-bond donors (Lipinski definition) is 1. The van der Waals surface area contributed by atoms with Crippen molar-refractivity contribution in [2.24, 2.45) is 0 Å². The molecule has 0 spiro atoms. The molecule has 0 saturated carbocycles. The molecule has 3 nitrogen and oxygen atoms in total. The summed E-state index contributed by atoms with van der Waals surface area (Å²) in [5.41, 5.74) is 0. The van der Waals surface area contributed by atoms with Gasteiger partial charge in [0.1, 0.15) is 5.82 Å². The minimum absolute atomic E-state index is 0.299. The van der Waals surface area contributed by atoms with Crippen LogP contribution in [0.25, 0.3) is 0 Å². The third-order valence-electron chi connectivity index (χ3n) is 3.80. The van der Waals surface area contributed by atoms with Crippen molar-refractivity contribution in [2.75, 3.05) is 12.3 Å². The second kappa shape index (κ2) is 6.11. The van der Waals surface area contributed by atoms with Crippen LogP contribution in [0.3, 0.4) is 0 Å². The van der Waals surface area contributed by atoms with Gasteiger partial charge in [-0.05, 0) is 45.4 Å². The molecule has 0 aliphatic carbocycles. The molecule has 2 heterocycles. The van der Waals surface area contributed by atoms with Crippen molar-refractivity contribution in [2.45, 2.75) is 57.4 Å². The Morgan fingerprint density at radius 1 is 1.56 bits per heavy atom.